The third kappa shape index (κ3) is 56.1. The standard InChI is InChI=1S/C65H102O6/c1-4-7-10-13-16-19-22-25-28-31-33-35-37-40-43-46-49-52-55-58-64(67)70-61-62(60-69-63(66)57-54-51-48-45-42-39-36-30-27-24-21-18-15-12-9-6-3)71-65(68)59-56-53-50-47-44-41-38-34-32-29-26-23-20-17-14-11-8-5-2/h7,9-10,12,16-21,23,25-30,32-35,38,40,43,62H,4-6,8,11,13-15,22,24,31,36-37,39,41-42,44-61H2,1-3H3/b10-7-,12-9-,19-16-,20-17-,21-18-,26-23-,28-25-,30-27-,32-29-,35-33-,38-34-,43-40-. The Morgan fingerprint density at radius 1 is 0.310 bits per heavy atom. The molecule has 0 saturated carbocycles. The summed E-state index contributed by atoms with van der Waals surface area (Å²) in [5.41, 5.74) is 0. The first-order chi connectivity index (χ1) is 35.0. The predicted octanol–water partition coefficient (Wildman–Crippen LogP) is 19.2. The van der Waals surface area contributed by atoms with E-state index < -0.39 is 6.10 Å². The lowest BCUT2D eigenvalue weighted by Gasteiger charge is -2.18. The second-order valence-electron chi connectivity index (χ2n) is 18.2. The number of rotatable bonds is 49. The summed E-state index contributed by atoms with van der Waals surface area (Å²) in [6.45, 7) is 6.30. The van der Waals surface area contributed by atoms with E-state index in [2.05, 4.69) is 167 Å². The Kier molecular flexibility index (Phi) is 54.0. The fourth-order valence-electron chi connectivity index (χ4n) is 7.20. The van der Waals surface area contributed by atoms with Crippen LogP contribution in [0.1, 0.15) is 226 Å². The van der Waals surface area contributed by atoms with E-state index in [1.54, 1.807) is 0 Å². The molecule has 1 unspecified atom stereocenters. The molecule has 0 aliphatic rings. The number of carbonyl (C=O) groups excluding carboxylic acids is 3. The van der Waals surface area contributed by atoms with Crippen molar-refractivity contribution in [2.45, 2.75) is 232 Å². The van der Waals surface area contributed by atoms with Crippen molar-refractivity contribution in [3.8, 4) is 0 Å². The van der Waals surface area contributed by atoms with Gasteiger partial charge in [-0.15, -0.1) is 0 Å². The van der Waals surface area contributed by atoms with Crippen molar-refractivity contribution in [1.82, 2.24) is 0 Å². The molecule has 1 atom stereocenters. The van der Waals surface area contributed by atoms with Gasteiger partial charge in [0, 0.05) is 19.3 Å². The lowest BCUT2D eigenvalue weighted by Crippen LogP contribution is -2.30. The van der Waals surface area contributed by atoms with Gasteiger partial charge in [0.25, 0.3) is 0 Å². The molecule has 0 aromatic rings. The monoisotopic (exact) mass is 979 g/mol. The maximum atomic E-state index is 12.9. The molecule has 0 heterocycles. The van der Waals surface area contributed by atoms with E-state index in [0.717, 1.165) is 154 Å². The molecule has 0 aliphatic carbocycles. The molecule has 0 aliphatic heterocycles. The quantitative estimate of drug-likeness (QED) is 0.0199. The van der Waals surface area contributed by atoms with Gasteiger partial charge in [0.1, 0.15) is 13.2 Å². The third-order valence-electron chi connectivity index (χ3n) is 11.4. The Hall–Kier alpha value is -4.71. The van der Waals surface area contributed by atoms with E-state index in [1.165, 1.54) is 32.1 Å². The van der Waals surface area contributed by atoms with Crippen LogP contribution in [-0.4, -0.2) is 37.2 Å². The summed E-state index contributed by atoms with van der Waals surface area (Å²) < 4.78 is 16.8. The molecule has 0 spiro atoms. The summed E-state index contributed by atoms with van der Waals surface area (Å²) in [6, 6.07) is 0. The maximum absolute atomic E-state index is 12.9. The van der Waals surface area contributed by atoms with E-state index in [-0.39, 0.29) is 37.5 Å². The van der Waals surface area contributed by atoms with Crippen molar-refractivity contribution in [3.63, 3.8) is 0 Å². The normalized spacial score (nSPS) is 13.2. The van der Waals surface area contributed by atoms with Crippen LogP contribution >= 0.6 is 0 Å². The minimum absolute atomic E-state index is 0.112. The summed E-state index contributed by atoms with van der Waals surface area (Å²) in [4.78, 5) is 38.2. The van der Waals surface area contributed by atoms with E-state index in [9.17, 15) is 14.4 Å². The summed E-state index contributed by atoms with van der Waals surface area (Å²) in [5.74, 6) is -0.986. The van der Waals surface area contributed by atoms with Gasteiger partial charge in [-0.05, 0) is 122 Å². The molecule has 0 radical (unpaired) electrons. The molecule has 0 fully saturated rings. The van der Waals surface area contributed by atoms with Gasteiger partial charge >= 0.3 is 17.9 Å². The minimum Gasteiger partial charge on any atom is -0.462 e. The fourth-order valence-corrected chi connectivity index (χ4v) is 7.20. The summed E-state index contributed by atoms with van der Waals surface area (Å²) in [7, 11) is 0. The highest BCUT2D eigenvalue weighted by molar-refractivity contribution is 5.71. The number of allylic oxidation sites excluding steroid dienone is 24. The first kappa shape index (κ1) is 66.3. The van der Waals surface area contributed by atoms with Gasteiger partial charge in [-0.1, -0.05) is 231 Å². The van der Waals surface area contributed by atoms with Crippen LogP contribution in [0, 0.1) is 0 Å². The molecule has 398 valence electrons. The van der Waals surface area contributed by atoms with Crippen molar-refractivity contribution in [2.24, 2.45) is 0 Å². The molecule has 0 rings (SSSR count). The van der Waals surface area contributed by atoms with Gasteiger partial charge in [-0.3, -0.25) is 14.4 Å². The van der Waals surface area contributed by atoms with Crippen LogP contribution in [0.3, 0.4) is 0 Å². The molecule has 0 bridgehead atoms. The molecule has 71 heavy (non-hydrogen) atoms. The van der Waals surface area contributed by atoms with Crippen LogP contribution in [-0.2, 0) is 28.6 Å². The number of unbranched alkanes of at least 4 members (excludes halogenated alkanes) is 17. The predicted molar refractivity (Wildman–Crippen MR) is 306 cm³/mol. The van der Waals surface area contributed by atoms with Gasteiger partial charge in [-0.25, -0.2) is 0 Å². The summed E-state index contributed by atoms with van der Waals surface area (Å²) in [5, 5.41) is 0. The molecule has 6 heteroatoms. The van der Waals surface area contributed by atoms with Crippen LogP contribution < -0.4 is 0 Å². The SMILES string of the molecule is CC/C=C\C/C=C\C/C=C\C/C=C\C/C=C\CCCCCC(=O)OCC(COC(=O)CCCCCCCC/C=C\C/C=C\C/C=C\CC)OC(=O)CCCCCCC\C=C/C=C\C=C/C=C\CCCCC. The lowest BCUT2D eigenvalue weighted by molar-refractivity contribution is -0.167. The highest BCUT2D eigenvalue weighted by atomic mass is 16.6. The third-order valence-corrected chi connectivity index (χ3v) is 11.4. The molecule has 0 aromatic heterocycles. The number of carbonyl (C=O) groups is 3. The molecular formula is C65H102O6. The molecule has 0 N–H and O–H groups in total. The summed E-state index contributed by atoms with van der Waals surface area (Å²) in [6.07, 6.45) is 82.5. The molecule has 6 nitrogen and oxygen atoms in total. The lowest BCUT2D eigenvalue weighted by atomic mass is 10.1. The zero-order valence-electron chi connectivity index (χ0n) is 45.4. The van der Waals surface area contributed by atoms with Crippen molar-refractivity contribution in [3.05, 3.63) is 146 Å². The van der Waals surface area contributed by atoms with Crippen molar-refractivity contribution in [2.75, 3.05) is 13.2 Å². The Bertz CT molecular complexity index is 1590. The molecule has 0 aromatic carbocycles. The van der Waals surface area contributed by atoms with Crippen LogP contribution in [0.5, 0.6) is 0 Å². The maximum Gasteiger partial charge on any atom is 0.306 e. The smallest absolute Gasteiger partial charge is 0.306 e. The van der Waals surface area contributed by atoms with Crippen molar-refractivity contribution >= 4 is 17.9 Å². The van der Waals surface area contributed by atoms with Gasteiger partial charge in [0.2, 0.25) is 0 Å². The highest BCUT2D eigenvalue weighted by Gasteiger charge is 2.19. The fraction of sp³-hybridized carbons (Fsp3) is 0.585. The summed E-state index contributed by atoms with van der Waals surface area (Å²) >= 11 is 0. The van der Waals surface area contributed by atoms with Crippen LogP contribution in [0.4, 0.5) is 0 Å². The van der Waals surface area contributed by atoms with Crippen LogP contribution in [0.2, 0.25) is 0 Å². The Labute approximate surface area is 436 Å². The topological polar surface area (TPSA) is 78.9 Å². The van der Waals surface area contributed by atoms with E-state index in [4.69, 9.17) is 14.2 Å². The number of hydrogen-bond acceptors (Lipinski definition) is 6. The average molecular weight is 980 g/mol. The van der Waals surface area contributed by atoms with Gasteiger partial charge < -0.3 is 14.2 Å². The van der Waals surface area contributed by atoms with E-state index >= 15 is 0 Å². The first-order valence-electron chi connectivity index (χ1n) is 28.4. The number of hydrogen-bond donors (Lipinski definition) is 0. The van der Waals surface area contributed by atoms with Crippen molar-refractivity contribution in [1.29, 1.82) is 0 Å². The number of esters is 3. The molecule has 0 saturated heterocycles. The zero-order chi connectivity index (χ0) is 51.4. The average Bonchev–Trinajstić information content (AvgIpc) is 3.37. The Morgan fingerprint density at radius 3 is 1.00 bits per heavy atom. The van der Waals surface area contributed by atoms with Gasteiger partial charge in [-0.2, -0.15) is 0 Å². The van der Waals surface area contributed by atoms with E-state index in [0.29, 0.717) is 12.8 Å². The Morgan fingerprint density at radius 2 is 0.606 bits per heavy atom. The largest absolute Gasteiger partial charge is 0.462 e. The Balaban J connectivity index is 4.56. The second-order valence-corrected chi connectivity index (χ2v) is 18.2. The van der Waals surface area contributed by atoms with Gasteiger partial charge in [0.05, 0.1) is 0 Å². The molecule has 0 amide bonds. The first-order valence-corrected chi connectivity index (χ1v) is 28.4. The highest BCUT2D eigenvalue weighted by Crippen LogP contribution is 2.13. The van der Waals surface area contributed by atoms with E-state index in [1.807, 2.05) is 0 Å². The van der Waals surface area contributed by atoms with Gasteiger partial charge in [0.15, 0.2) is 6.10 Å². The minimum atomic E-state index is -0.818. The van der Waals surface area contributed by atoms with Crippen molar-refractivity contribution < 1.29 is 28.6 Å². The zero-order valence-corrected chi connectivity index (χ0v) is 45.4. The van der Waals surface area contributed by atoms with Crippen LogP contribution in [0.15, 0.2) is 146 Å². The molecular weight excluding hydrogens is 877 g/mol. The number of ether oxygens (including phenoxy) is 3. The second kappa shape index (κ2) is 57.9. The van der Waals surface area contributed by atoms with Crippen LogP contribution in [0.25, 0.3) is 0 Å².